The molecule has 4 nitrogen and oxygen atoms in total. The molecule has 2 aliphatic rings. The van der Waals surface area contributed by atoms with E-state index in [2.05, 4.69) is 41.4 Å². The van der Waals surface area contributed by atoms with Crippen LogP contribution in [0.1, 0.15) is 12.5 Å². The van der Waals surface area contributed by atoms with Crippen LogP contribution in [-0.4, -0.2) is 49.6 Å². The van der Waals surface area contributed by atoms with Crippen molar-refractivity contribution < 1.29 is 4.79 Å². The lowest BCUT2D eigenvalue weighted by Gasteiger charge is -2.45. The molecule has 1 aromatic carbocycles. The van der Waals surface area contributed by atoms with Crippen LogP contribution in [0.25, 0.3) is 0 Å². The molecular weight excluding hydrogens is 238 g/mol. The minimum Gasteiger partial charge on any atom is -0.367 e. The van der Waals surface area contributed by atoms with Gasteiger partial charge in [-0.15, -0.1) is 0 Å². The van der Waals surface area contributed by atoms with Crippen molar-refractivity contribution >= 4 is 11.6 Å². The molecule has 19 heavy (non-hydrogen) atoms. The average Bonchev–Trinajstić information content (AvgIpc) is 2.47. The highest BCUT2D eigenvalue weighted by atomic mass is 16.2. The molecule has 3 rings (SSSR count). The maximum atomic E-state index is 11.8. The lowest BCUT2D eigenvalue weighted by Crippen LogP contribution is -2.63. The fraction of sp³-hybridized carbons (Fsp3) is 0.533. The van der Waals surface area contributed by atoms with Crippen molar-refractivity contribution in [2.75, 3.05) is 37.6 Å². The van der Waals surface area contributed by atoms with E-state index in [-0.39, 0.29) is 5.91 Å². The van der Waals surface area contributed by atoms with Gasteiger partial charge in [-0.05, 0) is 18.1 Å². The standard InChI is InChI=1S/C15H21N3O/c1-2-12-5-3-4-6-14(12)17-7-8-18-13(11-17)9-16-10-15(18)19/h3-6,13,16H,2,7-11H2,1H3. The molecule has 1 N–H and O–H groups in total. The summed E-state index contributed by atoms with van der Waals surface area (Å²) in [4.78, 5) is 16.3. The second kappa shape index (κ2) is 5.21. The number of piperazine rings is 2. The van der Waals surface area contributed by atoms with Gasteiger partial charge in [0.05, 0.1) is 12.6 Å². The molecule has 0 radical (unpaired) electrons. The Hall–Kier alpha value is -1.55. The molecule has 2 fully saturated rings. The summed E-state index contributed by atoms with van der Waals surface area (Å²) < 4.78 is 0. The number of aryl methyl sites for hydroxylation is 1. The summed E-state index contributed by atoms with van der Waals surface area (Å²) in [5, 5.41) is 3.22. The summed E-state index contributed by atoms with van der Waals surface area (Å²) >= 11 is 0. The third-order valence-electron chi connectivity index (χ3n) is 4.17. The van der Waals surface area contributed by atoms with Gasteiger partial charge in [-0.25, -0.2) is 0 Å². The van der Waals surface area contributed by atoms with Crippen LogP contribution in [-0.2, 0) is 11.2 Å². The number of hydrogen-bond acceptors (Lipinski definition) is 3. The zero-order valence-corrected chi connectivity index (χ0v) is 11.4. The number of hydrogen-bond donors (Lipinski definition) is 1. The van der Waals surface area contributed by atoms with E-state index >= 15 is 0 Å². The van der Waals surface area contributed by atoms with E-state index in [9.17, 15) is 4.79 Å². The Morgan fingerprint density at radius 2 is 2.16 bits per heavy atom. The Morgan fingerprint density at radius 1 is 1.32 bits per heavy atom. The highest BCUT2D eigenvalue weighted by Gasteiger charge is 2.33. The number of carbonyl (C=O) groups is 1. The van der Waals surface area contributed by atoms with Crippen LogP contribution < -0.4 is 10.2 Å². The molecule has 0 spiro atoms. The first-order chi connectivity index (χ1) is 9.29. The zero-order valence-electron chi connectivity index (χ0n) is 11.4. The van der Waals surface area contributed by atoms with Gasteiger partial charge in [-0.2, -0.15) is 0 Å². The number of para-hydroxylation sites is 1. The SMILES string of the molecule is CCc1ccccc1N1CCN2C(=O)CNCC2C1. The van der Waals surface area contributed by atoms with Crippen molar-refractivity contribution in [3.8, 4) is 0 Å². The first-order valence-electron chi connectivity index (χ1n) is 7.12. The van der Waals surface area contributed by atoms with Crippen molar-refractivity contribution in [3.63, 3.8) is 0 Å². The summed E-state index contributed by atoms with van der Waals surface area (Å²) in [5.74, 6) is 0.250. The molecule has 102 valence electrons. The molecule has 0 saturated carbocycles. The number of fused-ring (bicyclic) bond motifs is 1. The quantitative estimate of drug-likeness (QED) is 0.856. The van der Waals surface area contributed by atoms with Crippen molar-refractivity contribution in [1.82, 2.24) is 10.2 Å². The average molecular weight is 259 g/mol. The maximum absolute atomic E-state index is 11.8. The van der Waals surface area contributed by atoms with Crippen molar-refractivity contribution in [2.24, 2.45) is 0 Å². The Kier molecular flexibility index (Phi) is 3.42. The maximum Gasteiger partial charge on any atom is 0.236 e. The first-order valence-corrected chi connectivity index (χ1v) is 7.12. The summed E-state index contributed by atoms with van der Waals surface area (Å²) in [6.07, 6.45) is 1.05. The highest BCUT2D eigenvalue weighted by Crippen LogP contribution is 2.24. The minimum absolute atomic E-state index is 0.250. The van der Waals surface area contributed by atoms with Crippen LogP contribution in [0.4, 0.5) is 5.69 Å². The van der Waals surface area contributed by atoms with Gasteiger partial charge in [0, 0.05) is 31.9 Å². The van der Waals surface area contributed by atoms with Crippen LogP contribution >= 0.6 is 0 Å². The molecule has 0 aromatic heterocycles. The summed E-state index contributed by atoms with van der Waals surface area (Å²) in [6, 6.07) is 8.92. The molecule has 2 aliphatic heterocycles. The predicted octanol–water partition coefficient (Wildman–Crippen LogP) is 0.869. The molecule has 2 heterocycles. The number of nitrogens with one attached hydrogen (secondary N) is 1. The van der Waals surface area contributed by atoms with E-state index in [0.29, 0.717) is 12.6 Å². The largest absolute Gasteiger partial charge is 0.367 e. The molecule has 1 amide bonds. The van der Waals surface area contributed by atoms with Gasteiger partial charge >= 0.3 is 0 Å². The lowest BCUT2D eigenvalue weighted by molar-refractivity contribution is -0.135. The van der Waals surface area contributed by atoms with E-state index < -0.39 is 0 Å². The van der Waals surface area contributed by atoms with Gasteiger partial charge in [-0.3, -0.25) is 4.79 Å². The predicted molar refractivity (Wildman–Crippen MR) is 76.4 cm³/mol. The van der Waals surface area contributed by atoms with Crippen molar-refractivity contribution in [2.45, 2.75) is 19.4 Å². The fourth-order valence-electron chi connectivity index (χ4n) is 3.14. The number of carbonyl (C=O) groups excluding carboxylic acids is 1. The van der Waals surface area contributed by atoms with E-state index in [1.54, 1.807) is 0 Å². The third-order valence-corrected chi connectivity index (χ3v) is 4.17. The van der Waals surface area contributed by atoms with Crippen LogP contribution in [0.15, 0.2) is 24.3 Å². The minimum atomic E-state index is 0.250. The van der Waals surface area contributed by atoms with Crippen molar-refractivity contribution in [3.05, 3.63) is 29.8 Å². The Morgan fingerprint density at radius 3 is 3.00 bits per heavy atom. The topological polar surface area (TPSA) is 35.6 Å². The molecule has 1 atom stereocenters. The molecule has 2 saturated heterocycles. The van der Waals surface area contributed by atoms with Crippen LogP contribution in [0, 0.1) is 0 Å². The van der Waals surface area contributed by atoms with Gasteiger partial charge in [-0.1, -0.05) is 25.1 Å². The molecule has 0 aliphatic carbocycles. The number of benzene rings is 1. The van der Waals surface area contributed by atoms with Crippen LogP contribution in [0.2, 0.25) is 0 Å². The Labute approximate surface area is 114 Å². The normalized spacial score (nSPS) is 23.4. The summed E-state index contributed by atoms with van der Waals surface area (Å²) in [7, 11) is 0. The lowest BCUT2D eigenvalue weighted by atomic mass is 10.1. The van der Waals surface area contributed by atoms with Gasteiger partial charge in [0.25, 0.3) is 0 Å². The van der Waals surface area contributed by atoms with E-state index in [4.69, 9.17) is 0 Å². The molecule has 1 aromatic rings. The number of rotatable bonds is 2. The molecule has 0 bridgehead atoms. The van der Waals surface area contributed by atoms with Gasteiger partial charge in [0.15, 0.2) is 0 Å². The van der Waals surface area contributed by atoms with Crippen molar-refractivity contribution in [1.29, 1.82) is 0 Å². The molecule has 4 heteroatoms. The van der Waals surface area contributed by atoms with Gasteiger partial charge < -0.3 is 15.1 Å². The molecular formula is C15H21N3O. The second-order valence-electron chi connectivity index (χ2n) is 5.30. The Bertz CT molecular complexity index is 474. The van der Waals surface area contributed by atoms with E-state index in [1.165, 1.54) is 11.3 Å². The summed E-state index contributed by atoms with van der Waals surface area (Å²) in [5.41, 5.74) is 2.73. The number of amides is 1. The zero-order chi connectivity index (χ0) is 13.2. The van der Waals surface area contributed by atoms with Crippen LogP contribution in [0.5, 0.6) is 0 Å². The smallest absolute Gasteiger partial charge is 0.236 e. The number of anilines is 1. The van der Waals surface area contributed by atoms with Crippen LogP contribution in [0.3, 0.4) is 0 Å². The first kappa shape index (κ1) is 12.5. The summed E-state index contributed by atoms with van der Waals surface area (Å²) in [6.45, 7) is 6.34. The Balaban J connectivity index is 1.79. The second-order valence-corrected chi connectivity index (χ2v) is 5.30. The van der Waals surface area contributed by atoms with E-state index in [0.717, 1.165) is 32.6 Å². The van der Waals surface area contributed by atoms with Gasteiger partial charge in [0.2, 0.25) is 5.91 Å². The molecule has 1 unspecified atom stereocenters. The van der Waals surface area contributed by atoms with E-state index in [1.807, 2.05) is 4.90 Å². The number of nitrogens with zero attached hydrogens (tertiary/aromatic N) is 2. The monoisotopic (exact) mass is 259 g/mol. The highest BCUT2D eigenvalue weighted by molar-refractivity contribution is 5.80. The third kappa shape index (κ3) is 2.32. The fourth-order valence-corrected chi connectivity index (χ4v) is 3.14. The van der Waals surface area contributed by atoms with Gasteiger partial charge in [0.1, 0.15) is 0 Å².